The van der Waals surface area contributed by atoms with Crippen LogP contribution in [-0.4, -0.2) is 40.0 Å². The van der Waals surface area contributed by atoms with Gasteiger partial charge < -0.3 is 16.0 Å². The summed E-state index contributed by atoms with van der Waals surface area (Å²) in [5.41, 5.74) is 7.05. The third-order valence-electron chi connectivity index (χ3n) is 4.18. The summed E-state index contributed by atoms with van der Waals surface area (Å²) in [6.07, 6.45) is 4.32. The molecule has 8 heteroatoms. The standard InChI is InChI=1S/C16H22N6OS/c1-2-11-7-14(19-10-18-11)22-5-3-12(4-6-22)20-16(23)13-9-24-15(8-17)21-13/h7,9-10,12H,2-6,8,17H2,1H3,(H,20,23). The van der Waals surface area contributed by atoms with E-state index in [4.69, 9.17) is 5.73 Å². The van der Waals surface area contributed by atoms with Crippen molar-refractivity contribution in [1.29, 1.82) is 0 Å². The predicted octanol–water partition coefficient (Wildman–Crippen LogP) is 1.35. The second-order valence-electron chi connectivity index (χ2n) is 5.79. The molecular formula is C16H22N6OS. The predicted molar refractivity (Wildman–Crippen MR) is 94.1 cm³/mol. The van der Waals surface area contributed by atoms with Gasteiger partial charge in [-0.05, 0) is 19.3 Å². The summed E-state index contributed by atoms with van der Waals surface area (Å²) >= 11 is 1.42. The fourth-order valence-electron chi connectivity index (χ4n) is 2.77. The molecule has 3 heterocycles. The van der Waals surface area contributed by atoms with Crippen LogP contribution in [0.15, 0.2) is 17.8 Å². The molecule has 7 nitrogen and oxygen atoms in total. The Balaban J connectivity index is 1.54. The topological polar surface area (TPSA) is 97.0 Å². The van der Waals surface area contributed by atoms with Crippen LogP contribution >= 0.6 is 11.3 Å². The molecule has 0 bridgehead atoms. The highest BCUT2D eigenvalue weighted by molar-refractivity contribution is 7.09. The molecule has 0 unspecified atom stereocenters. The van der Waals surface area contributed by atoms with Gasteiger partial charge in [-0.2, -0.15) is 0 Å². The van der Waals surface area contributed by atoms with Crippen molar-refractivity contribution in [3.05, 3.63) is 34.2 Å². The summed E-state index contributed by atoms with van der Waals surface area (Å²) in [7, 11) is 0. The van der Waals surface area contributed by atoms with E-state index in [1.165, 1.54) is 11.3 Å². The lowest BCUT2D eigenvalue weighted by molar-refractivity contribution is 0.0926. The van der Waals surface area contributed by atoms with Gasteiger partial charge >= 0.3 is 0 Å². The lowest BCUT2D eigenvalue weighted by Crippen LogP contribution is -2.45. The zero-order chi connectivity index (χ0) is 16.9. The van der Waals surface area contributed by atoms with Crippen molar-refractivity contribution in [1.82, 2.24) is 20.3 Å². The summed E-state index contributed by atoms with van der Waals surface area (Å²) in [5, 5.41) is 5.62. The monoisotopic (exact) mass is 346 g/mol. The second kappa shape index (κ2) is 7.67. The molecular weight excluding hydrogens is 324 g/mol. The maximum Gasteiger partial charge on any atom is 0.270 e. The maximum atomic E-state index is 12.2. The molecule has 1 aliphatic rings. The van der Waals surface area contributed by atoms with Gasteiger partial charge in [-0.3, -0.25) is 4.79 Å². The molecule has 2 aromatic heterocycles. The Morgan fingerprint density at radius 1 is 1.42 bits per heavy atom. The largest absolute Gasteiger partial charge is 0.356 e. The molecule has 1 aliphatic heterocycles. The highest BCUT2D eigenvalue weighted by atomic mass is 32.1. The number of nitrogens with zero attached hydrogens (tertiary/aromatic N) is 4. The Kier molecular flexibility index (Phi) is 5.37. The summed E-state index contributed by atoms with van der Waals surface area (Å²) in [5.74, 6) is 0.860. The molecule has 128 valence electrons. The van der Waals surface area contributed by atoms with Crippen LogP contribution in [-0.2, 0) is 13.0 Å². The normalized spacial score (nSPS) is 15.5. The van der Waals surface area contributed by atoms with Crippen LogP contribution in [0.2, 0.25) is 0 Å². The van der Waals surface area contributed by atoms with E-state index in [-0.39, 0.29) is 11.9 Å². The van der Waals surface area contributed by atoms with E-state index in [1.807, 2.05) is 6.07 Å². The number of rotatable bonds is 5. The number of nitrogens with one attached hydrogen (secondary N) is 1. The highest BCUT2D eigenvalue weighted by Crippen LogP contribution is 2.19. The van der Waals surface area contributed by atoms with E-state index < -0.39 is 0 Å². The number of hydrogen-bond acceptors (Lipinski definition) is 7. The minimum Gasteiger partial charge on any atom is -0.356 e. The Morgan fingerprint density at radius 2 is 2.21 bits per heavy atom. The zero-order valence-electron chi connectivity index (χ0n) is 13.7. The number of anilines is 1. The van der Waals surface area contributed by atoms with Gasteiger partial charge in [-0.15, -0.1) is 11.3 Å². The van der Waals surface area contributed by atoms with E-state index >= 15 is 0 Å². The Morgan fingerprint density at radius 3 is 2.88 bits per heavy atom. The van der Waals surface area contributed by atoms with E-state index in [0.717, 1.165) is 48.9 Å². The van der Waals surface area contributed by atoms with Gasteiger partial charge in [0.25, 0.3) is 5.91 Å². The first-order valence-corrected chi connectivity index (χ1v) is 9.08. The van der Waals surface area contributed by atoms with Crippen molar-refractivity contribution in [2.75, 3.05) is 18.0 Å². The van der Waals surface area contributed by atoms with Crippen molar-refractivity contribution in [2.24, 2.45) is 5.73 Å². The molecule has 0 aromatic carbocycles. The average Bonchev–Trinajstić information content (AvgIpc) is 3.12. The Bertz CT molecular complexity index is 695. The van der Waals surface area contributed by atoms with Gasteiger partial charge in [0.1, 0.15) is 22.8 Å². The van der Waals surface area contributed by atoms with Crippen LogP contribution < -0.4 is 16.0 Å². The molecule has 0 spiro atoms. The third-order valence-corrected chi connectivity index (χ3v) is 5.06. The second-order valence-corrected chi connectivity index (χ2v) is 6.73. The molecule has 3 N–H and O–H groups in total. The number of amides is 1. The molecule has 1 saturated heterocycles. The van der Waals surface area contributed by atoms with Crippen LogP contribution in [0.25, 0.3) is 0 Å². The highest BCUT2D eigenvalue weighted by Gasteiger charge is 2.23. The fourth-order valence-corrected chi connectivity index (χ4v) is 3.43. The fraction of sp³-hybridized carbons (Fsp3) is 0.500. The van der Waals surface area contributed by atoms with Crippen LogP contribution in [0.4, 0.5) is 5.82 Å². The molecule has 0 saturated carbocycles. The van der Waals surface area contributed by atoms with Crippen molar-refractivity contribution in [2.45, 2.75) is 38.8 Å². The van der Waals surface area contributed by atoms with Gasteiger partial charge in [0.15, 0.2) is 0 Å². The summed E-state index contributed by atoms with van der Waals surface area (Å²) < 4.78 is 0. The van der Waals surface area contributed by atoms with Gasteiger partial charge in [-0.1, -0.05) is 6.92 Å². The van der Waals surface area contributed by atoms with Crippen molar-refractivity contribution < 1.29 is 4.79 Å². The zero-order valence-corrected chi connectivity index (χ0v) is 14.6. The first-order valence-electron chi connectivity index (χ1n) is 8.20. The number of nitrogens with two attached hydrogens (primary N) is 1. The first kappa shape index (κ1) is 16.8. The van der Waals surface area contributed by atoms with Crippen LogP contribution in [0, 0.1) is 0 Å². The molecule has 3 rings (SSSR count). The number of hydrogen-bond donors (Lipinski definition) is 2. The summed E-state index contributed by atoms with van der Waals surface area (Å²) in [6, 6.07) is 2.21. The number of aromatic nitrogens is 3. The van der Waals surface area contributed by atoms with Gasteiger partial charge in [-0.25, -0.2) is 15.0 Å². The molecule has 24 heavy (non-hydrogen) atoms. The SMILES string of the molecule is CCc1cc(N2CCC(NC(=O)c3csc(CN)n3)CC2)ncn1. The van der Waals surface area contributed by atoms with E-state index in [2.05, 4.69) is 32.1 Å². The molecule has 2 aromatic rings. The van der Waals surface area contributed by atoms with Crippen LogP contribution in [0.5, 0.6) is 0 Å². The van der Waals surface area contributed by atoms with Crippen molar-refractivity contribution in [3.63, 3.8) is 0 Å². The molecule has 0 atom stereocenters. The third kappa shape index (κ3) is 3.88. The van der Waals surface area contributed by atoms with E-state index in [1.54, 1.807) is 11.7 Å². The van der Waals surface area contributed by atoms with Crippen molar-refractivity contribution >= 4 is 23.1 Å². The minimum absolute atomic E-state index is 0.111. The maximum absolute atomic E-state index is 12.2. The van der Waals surface area contributed by atoms with Crippen molar-refractivity contribution in [3.8, 4) is 0 Å². The van der Waals surface area contributed by atoms with Gasteiger partial charge in [0, 0.05) is 42.8 Å². The smallest absolute Gasteiger partial charge is 0.270 e. The van der Waals surface area contributed by atoms with Crippen LogP contribution in [0.3, 0.4) is 0 Å². The molecule has 0 aliphatic carbocycles. The van der Waals surface area contributed by atoms with E-state index in [9.17, 15) is 4.79 Å². The number of carbonyl (C=O) groups is 1. The van der Waals surface area contributed by atoms with Gasteiger partial charge in [0.2, 0.25) is 0 Å². The average molecular weight is 346 g/mol. The molecule has 0 radical (unpaired) electrons. The quantitative estimate of drug-likeness (QED) is 0.848. The summed E-state index contributed by atoms with van der Waals surface area (Å²) in [4.78, 5) is 27.3. The molecule has 1 fully saturated rings. The Hall–Kier alpha value is -2.06. The first-order chi connectivity index (χ1) is 11.7. The lowest BCUT2D eigenvalue weighted by Gasteiger charge is -2.33. The number of aryl methyl sites for hydroxylation is 1. The molecule has 1 amide bonds. The number of carbonyl (C=O) groups excluding carboxylic acids is 1. The van der Waals surface area contributed by atoms with E-state index in [0.29, 0.717) is 12.2 Å². The minimum atomic E-state index is -0.111. The van der Waals surface area contributed by atoms with Gasteiger partial charge in [0.05, 0.1) is 0 Å². The Labute approximate surface area is 145 Å². The summed E-state index contributed by atoms with van der Waals surface area (Å²) in [6.45, 7) is 4.20. The van der Waals surface area contributed by atoms with Crippen LogP contribution in [0.1, 0.15) is 41.0 Å². The lowest BCUT2D eigenvalue weighted by atomic mass is 10.0. The number of thiazole rings is 1. The number of piperidine rings is 1.